The number of carbonyl (C=O) groups is 1. The van der Waals surface area contributed by atoms with Crippen LogP contribution < -0.4 is 10.2 Å². The number of benzene rings is 1. The number of hydrogen-bond acceptors (Lipinski definition) is 6. The van der Waals surface area contributed by atoms with Crippen molar-refractivity contribution < 1.29 is 9.32 Å². The van der Waals surface area contributed by atoms with E-state index >= 15 is 0 Å². The van der Waals surface area contributed by atoms with Crippen molar-refractivity contribution in [2.45, 2.75) is 40.2 Å². The molecule has 1 atom stereocenters. The number of amides is 1. The van der Waals surface area contributed by atoms with Crippen molar-refractivity contribution in [2.75, 3.05) is 18.0 Å². The molecule has 1 saturated heterocycles. The van der Waals surface area contributed by atoms with Gasteiger partial charge in [0.1, 0.15) is 17.0 Å². The maximum absolute atomic E-state index is 12.8. The molecule has 1 aliphatic heterocycles. The lowest BCUT2D eigenvalue weighted by Gasteiger charge is -2.33. The van der Waals surface area contributed by atoms with Crippen LogP contribution in [0.4, 0.5) is 5.82 Å². The Bertz CT molecular complexity index is 996. The zero-order valence-electron chi connectivity index (χ0n) is 16.5. The number of fused-ring (bicyclic) bond motifs is 1. The average molecular weight is 379 g/mol. The van der Waals surface area contributed by atoms with Crippen LogP contribution in [0.1, 0.15) is 35.5 Å². The molecule has 1 amide bonds. The van der Waals surface area contributed by atoms with Crippen LogP contribution in [-0.4, -0.2) is 34.1 Å². The first kappa shape index (κ1) is 18.4. The van der Waals surface area contributed by atoms with E-state index in [0.717, 1.165) is 41.8 Å². The monoisotopic (exact) mass is 379 g/mol. The normalized spacial score (nSPS) is 17.1. The molecule has 3 aromatic rings. The van der Waals surface area contributed by atoms with Gasteiger partial charge >= 0.3 is 0 Å². The molecule has 1 N–H and O–H groups in total. The molecule has 0 unspecified atom stereocenters. The summed E-state index contributed by atoms with van der Waals surface area (Å²) in [5.74, 6) is 1.49. The summed E-state index contributed by atoms with van der Waals surface area (Å²) in [4.78, 5) is 23.9. The maximum Gasteiger partial charge on any atom is 0.263 e. The zero-order valence-corrected chi connectivity index (χ0v) is 16.5. The summed E-state index contributed by atoms with van der Waals surface area (Å²) in [6.45, 7) is 7.84. The second-order valence-electron chi connectivity index (χ2n) is 7.53. The number of anilines is 1. The van der Waals surface area contributed by atoms with Gasteiger partial charge in [0.25, 0.3) is 5.71 Å². The number of piperidine rings is 1. The fourth-order valence-corrected chi connectivity index (χ4v) is 3.72. The lowest BCUT2D eigenvalue weighted by atomic mass is 9.96. The van der Waals surface area contributed by atoms with Crippen LogP contribution in [0.15, 0.2) is 28.8 Å². The van der Waals surface area contributed by atoms with Gasteiger partial charge in [-0.2, -0.15) is 4.98 Å². The standard InChI is InChI=1S/C21H25N5O2/c1-13-6-8-16(9-7-13)11-22-20(27)17-5-4-10-26(12-17)19-18-14(2)25-28-21(18)24-15(3)23-19/h6-9,17H,4-5,10-12H2,1-3H3,(H,22,27)/t17-/m0/s1. The van der Waals surface area contributed by atoms with Crippen LogP contribution in [-0.2, 0) is 11.3 Å². The second kappa shape index (κ2) is 7.58. The first-order valence-corrected chi connectivity index (χ1v) is 9.70. The summed E-state index contributed by atoms with van der Waals surface area (Å²) < 4.78 is 5.32. The second-order valence-corrected chi connectivity index (χ2v) is 7.53. The molecule has 0 spiro atoms. The van der Waals surface area contributed by atoms with Gasteiger partial charge in [0.15, 0.2) is 0 Å². The van der Waals surface area contributed by atoms with Gasteiger partial charge in [0.05, 0.1) is 11.6 Å². The van der Waals surface area contributed by atoms with Crippen LogP contribution in [0.2, 0.25) is 0 Å². The predicted molar refractivity (Wildman–Crippen MR) is 107 cm³/mol. The van der Waals surface area contributed by atoms with Gasteiger partial charge in [-0.15, -0.1) is 0 Å². The minimum absolute atomic E-state index is 0.0651. The van der Waals surface area contributed by atoms with Crippen molar-refractivity contribution >= 4 is 22.8 Å². The average Bonchev–Trinajstić information content (AvgIpc) is 3.07. The third-order valence-electron chi connectivity index (χ3n) is 5.28. The van der Waals surface area contributed by atoms with E-state index < -0.39 is 0 Å². The molecule has 0 bridgehead atoms. The largest absolute Gasteiger partial charge is 0.355 e. The number of nitrogens with zero attached hydrogens (tertiary/aromatic N) is 4. The molecule has 146 valence electrons. The molecule has 4 rings (SSSR count). The van der Waals surface area contributed by atoms with E-state index in [1.54, 1.807) is 0 Å². The first-order chi connectivity index (χ1) is 13.5. The molecular weight excluding hydrogens is 354 g/mol. The molecule has 0 saturated carbocycles. The topological polar surface area (TPSA) is 84.2 Å². The quantitative estimate of drug-likeness (QED) is 0.750. The molecule has 0 radical (unpaired) electrons. The molecule has 1 aliphatic rings. The summed E-state index contributed by atoms with van der Waals surface area (Å²) in [6, 6.07) is 8.23. The van der Waals surface area contributed by atoms with Gasteiger partial charge in [-0.3, -0.25) is 4.79 Å². The van der Waals surface area contributed by atoms with Gasteiger partial charge in [0, 0.05) is 19.6 Å². The first-order valence-electron chi connectivity index (χ1n) is 9.70. The fourth-order valence-electron chi connectivity index (χ4n) is 3.72. The van der Waals surface area contributed by atoms with Gasteiger partial charge in [-0.25, -0.2) is 4.98 Å². The SMILES string of the molecule is Cc1ccc(CNC(=O)[C@H]2CCCN(c3nc(C)nc4onc(C)c34)C2)cc1. The zero-order chi connectivity index (χ0) is 19.7. The van der Waals surface area contributed by atoms with Crippen LogP contribution >= 0.6 is 0 Å². The van der Waals surface area contributed by atoms with E-state index in [2.05, 4.69) is 56.5 Å². The number of nitrogens with one attached hydrogen (secondary N) is 1. The Kier molecular flexibility index (Phi) is 4.98. The van der Waals surface area contributed by atoms with Gasteiger partial charge < -0.3 is 14.7 Å². The number of carbonyl (C=O) groups excluding carboxylic acids is 1. The summed E-state index contributed by atoms with van der Waals surface area (Å²) >= 11 is 0. The third kappa shape index (κ3) is 3.69. The summed E-state index contributed by atoms with van der Waals surface area (Å²) in [6.07, 6.45) is 1.82. The molecule has 1 fully saturated rings. The minimum atomic E-state index is -0.0651. The van der Waals surface area contributed by atoms with E-state index in [9.17, 15) is 4.79 Å². The number of rotatable bonds is 4. The molecule has 7 heteroatoms. The Labute approximate surface area is 164 Å². The highest BCUT2D eigenvalue weighted by atomic mass is 16.5. The van der Waals surface area contributed by atoms with E-state index in [-0.39, 0.29) is 11.8 Å². The Balaban J connectivity index is 1.48. The third-order valence-corrected chi connectivity index (χ3v) is 5.28. The summed E-state index contributed by atoms with van der Waals surface area (Å²) in [5.41, 5.74) is 3.61. The fraction of sp³-hybridized carbons (Fsp3) is 0.429. The van der Waals surface area contributed by atoms with Crippen molar-refractivity contribution in [1.82, 2.24) is 20.4 Å². The highest BCUT2D eigenvalue weighted by Gasteiger charge is 2.28. The number of hydrogen-bond donors (Lipinski definition) is 1. The van der Waals surface area contributed by atoms with Crippen molar-refractivity contribution in [1.29, 1.82) is 0 Å². The highest BCUT2D eigenvalue weighted by molar-refractivity contribution is 5.88. The number of aryl methyl sites for hydroxylation is 3. The lowest BCUT2D eigenvalue weighted by molar-refractivity contribution is -0.125. The molecule has 3 heterocycles. The molecule has 0 aliphatic carbocycles. The van der Waals surface area contributed by atoms with E-state index in [1.165, 1.54) is 5.56 Å². The van der Waals surface area contributed by atoms with Crippen molar-refractivity contribution in [3.05, 3.63) is 46.9 Å². The van der Waals surface area contributed by atoms with E-state index in [0.29, 0.717) is 24.6 Å². The minimum Gasteiger partial charge on any atom is -0.355 e. The summed E-state index contributed by atoms with van der Waals surface area (Å²) in [7, 11) is 0. The smallest absolute Gasteiger partial charge is 0.263 e. The Morgan fingerprint density at radius 3 is 2.79 bits per heavy atom. The van der Waals surface area contributed by atoms with Crippen LogP contribution in [0, 0.1) is 26.7 Å². The number of aromatic nitrogens is 3. The van der Waals surface area contributed by atoms with Gasteiger partial charge in [-0.1, -0.05) is 35.0 Å². The highest BCUT2D eigenvalue weighted by Crippen LogP contribution is 2.30. The van der Waals surface area contributed by atoms with Crippen molar-refractivity contribution in [3.63, 3.8) is 0 Å². The van der Waals surface area contributed by atoms with Crippen LogP contribution in [0.25, 0.3) is 11.1 Å². The maximum atomic E-state index is 12.8. The molecule has 7 nitrogen and oxygen atoms in total. The molecule has 28 heavy (non-hydrogen) atoms. The molecular formula is C21H25N5O2. The van der Waals surface area contributed by atoms with Crippen LogP contribution in [0.5, 0.6) is 0 Å². The van der Waals surface area contributed by atoms with E-state index in [1.807, 2.05) is 13.8 Å². The Morgan fingerprint density at radius 1 is 1.21 bits per heavy atom. The van der Waals surface area contributed by atoms with Crippen molar-refractivity contribution in [2.24, 2.45) is 5.92 Å². The molecule has 1 aromatic carbocycles. The van der Waals surface area contributed by atoms with Gasteiger partial charge in [0.2, 0.25) is 5.91 Å². The summed E-state index contributed by atoms with van der Waals surface area (Å²) in [5, 5.41) is 7.96. The Hall–Kier alpha value is -2.96. The van der Waals surface area contributed by atoms with Crippen molar-refractivity contribution in [3.8, 4) is 0 Å². The predicted octanol–water partition coefficient (Wildman–Crippen LogP) is 3.08. The van der Waals surface area contributed by atoms with Gasteiger partial charge in [-0.05, 0) is 39.2 Å². The Morgan fingerprint density at radius 2 is 2.00 bits per heavy atom. The van der Waals surface area contributed by atoms with E-state index in [4.69, 9.17) is 4.52 Å². The lowest BCUT2D eigenvalue weighted by Crippen LogP contribution is -2.43. The molecule has 2 aromatic heterocycles. The van der Waals surface area contributed by atoms with Crippen LogP contribution in [0.3, 0.4) is 0 Å².